The molecule has 0 aliphatic heterocycles. The summed E-state index contributed by atoms with van der Waals surface area (Å²) in [7, 11) is 4.02. The topological polar surface area (TPSA) is 83.3 Å². The van der Waals surface area contributed by atoms with Crippen LogP contribution in [0.4, 0.5) is 11.8 Å². The van der Waals surface area contributed by atoms with Crippen LogP contribution in [0.5, 0.6) is 0 Å². The first-order chi connectivity index (χ1) is 17.0. The van der Waals surface area contributed by atoms with Crippen LogP contribution in [0.2, 0.25) is 5.02 Å². The number of halogens is 1. The maximum absolute atomic E-state index is 12.7. The van der Waals surface area contributed by atoms with Crippen molar-refractivity contribution < 1.29 is 4.42 Å². The van der Waals surface area contributed by atoms with Crippen LogP contribution in [0.15, 0.2) is 57.9 Å². The molecule has 7 nitrogen and oxygen atoms in total. The van der Waals surface area contributed by atoms with E-state index in [2.05, 4.69) is 16.7 Å². The number of nitrogens with zero attached hydrogens (tertiary/aromatic N) is 3. The molecule has 0 spiro atoms. The van der Waals surface area contributed by atoms with E-state index < -0.39 is 0 Å². The number of hydrogen-bond donors (Lipinski definition) is 2. The van der Waals surface area contributed by atoms with Gasteiger partial charge in [0.05, 0.1) is 17.2 Å². The van der Waals surface area contributed by atoms with Gasteiger partial charge in [-0.3, -0.25) is 4.79 Å². The van der Waals surface area contributed by atoms with Gasteiger partial charge in [-0.05, 0) is 68.5 Å². The lowest BCUT2D eigenvalue weighted by Gasteiger charge is -2.29. The average molecular weight is 492 g/mol. The number of aromatic nitrogens is 2. The molecular formula is C27H30ClN5O2. The van der Waals surface area contributed by atoms with Crippen LogP contribution < -0.4 is 21.0 Å². The van der Waals surface area contributed by atoms with Gasteiger partial charge in [0, 0.05) is 42.7 Å². The number of anilines is 2. The van der Waals surface area contributed by atoms with Crippen molar-refractivity contribution in [3.05, 3.63) is 69.5 Å². The zero-order valence-electron chi connectivity index (χ0n) is 20.1. The second-order valence-corrected chi connectivity index (χ2v) is 9.94. The Morgan fingerprint density at radius 3 is 2.66 bits per heavy atom. The van der Waals surface area contributed by atoms with Gasteiger partial charge in [-0.15, -0.1) is 0 Å². The van der Waals surface area contributed by atoms with Crippen molar-refractivity contribution >= 4 is 45.2 Å². The van der Waals surface area contributed by atoms with E-state index in [0.717, 1.165) is 48.9 Å². The first kappa shape index (κ1) is 23.6. The first-order valence-electron chi connectivity index (χ1n) is 12.1. The Balaban J connectivity index is 1.15. The van der Waals surface area contributed by atoms with E-state index in [1.54, 1.807) is 24.5 Å². The second-order valence-electron chi connectivity index (χ2n) is 9.51. The normalized spacial score (nSPS) is 18.1. The van der Waals surface area contributed by atoms with Crippen molar-refractivity contribution in [3.8, 4) is 0 Å². The lowest BCUT2D eigenvalue weighted by atomic mass is 9.86. The molecule has 2 N–H and O–H groups in total. The van der Waals surface area contributed by atoms with Crippen LogP contribution >= 0.6 is 11.6 Å². The molecule has 2 aromatic heterocycles. The predicted molar refractivity (Wildman–Crippen MR) is 142 cm³/mol. The Labute approximate surface area is 209 Å². The van der Waals surface area contributed by atoms with Crippen molar-refractivity contribution in [2.75, 3.05) is 30.9 Å². The summed E-state index contributed by atoms with van der Waals surface area (Å²) in [5, 5.41) is 9.13. The summed E-state index contributed by atoms with van der Waals surface area (Å²) in [6, 6.07) is 13.6. The van der Waals surface area contributed by atoms with E-state index in [1.165, 1.54) is 0 Å². The molecule has 8 heteroatoms. The Morgan fingerprint density at radius 1 is 1.06 bits per heavy atom. The summed E-state index contributed by atoms with van der Waals surface area (Å²) in [5.41, 5.74) is 2.11. The summed E-state index contributed by atoms with van der Waals surface area (Å²) < 4.78 is 5.62. The molecule has 0 amide bonds. The van der Waals surface area contributed by atoms with Gasteiger partial charge in [0.15, 0.2) is 5.43 Å². The van der Waals surface area contributed by atoms with Gasteiger partial charge in [0.25, 0.3) is 0 Å². The molecule has 1 fully saturated rings. The first-order valence-corrected chi connectivity index (χ1v) is 12.5. The number of para-hydroxylation sites is 1. The Bertz CT molecular complexity index is 1400. The van der Waals surface area contributed by atoms with Crippen molar-refractivity contribution in [1.82, 2.24) is 15.3 Å². The molecule has 1 aliphatic rings. The highest BCUT2D eigenvalue weighted by atomic mass is 35.5. The van der Waals surface area contributed by atoms with E-state index in [-0.39, 0.29) is 5.43 Å². The van der Waals surface area contributed by atoms with E-state index in [0.29, 0.717) is 46.0 Å². The molecule has 0 atom stereocenters. The van der Waals surface area contributed by atoms with Crippen molar-refractivity contribution in [2.24, 2.45) is 5.92 Å². The summed E-state index contributed by atoms with van der Waals surface area (Å²) in [4.78, 5) is 24.3. The maximum Gasteiger partial charge on any atom is 0.225 e. The minimum Gasteiger partial charge on any atom is -0.464 e. The maximum atomic E-state index is 12.7. The Morgan fingerprint density at radius 2 is 1.86 bits per heavy atom. The lowest BCUT2D eigenvalue weighted by molar-refractivity contribution is 0.323. The van der Waals surface area contributed by atoms with Crippen LogP contribution in [0, 0.1) is 5.92 Å². The average Bonchev–Trinajstić information content (AvgIpc) is 2.86. The van der Waals surface area contributed by atoms with Crippen LogP contribution in [0.3, 0.4) is 0 Å². The highest BCUT2D eigenvalue weighted by Crippen LogP contribution is 2.28. The molecule has 4 aromatic rings. The number of benzene rings is 2. The molecule has 2 heterocycles. The van der Waals surface area contributed by atoms with Gasteiger partial charge in [0.1, 0.15) is 11.4 Å². The summed E-state index contributed by atoms with van der Waals surface area (Å²) >= 11 is 6.05. The molecule has 182 valence electrons. The SMILES string of the molecule is CN(C)c1nc(NC2CCC(CNCc3coc4ccc(Cl)cc4c3=O)CC2)nc2ccccc12. The van der Waals surface area contributed by atoms with E-state index in [4.69, 9.17) is 26.0 Å². The molecule has 0 bridgehead atoms. The number of fused-ring (bicyclic) bond motifs is 2. The summed E-state index contributed by atoms with van der Waals surface area (Å²) in [6.45, 7) is 1.36. The molecule has 2 aromatic carbocycles. The third-order valence-electron chi connectivity index (χ3n) is 6.74. The second kappa shape index (κ2) is 10.2. The van der Waals surface area contributed by atoms with Gasteiger partial charge in [-0.2, -0.15) is 4.98 Å². The van der Waals surface area contributed by atoms with Crippen molar-refractivity contribution in [3.63, 3.8) is 0 Å². The van der Waals surface area contributed by atoms with E-state index in [1.807, 2.05) is 37.2 Å². The molecule has 1 saturated carbocycles. The monoisotopic (exact) mass is 491 g/mol. The van der Waals surface area contributed by atoms with Crippen LogP contribution in [-0.4, -0.2) is 36.6 Å². The zero-order valence-corrected chi connectivity index (χ0v) is 20.8. The molecule has 35 heavy (non-hydrogen) atoms. The molecule has 1 aliphatic carbocycles. The molecule has 0 saturated heterocycles. The van der Waals surface area contributed by atoms with Crippen LogP contribution in [0.1, 0.15) is 31.2 Å². The largest absolute Gasteiger partial charge is 0.464 e. The Kier molecular flexibility index (Phi) is 6.88. The summed E-state index contributed by atoms with van der Waals surface area (Å²) in [5.74, 6) is 2.19. The number of nitrogens with one attached hydrogen (secondary N) is 2. The third-order valence-corrected chi connectivity index (χ3v) is 6.98. The van der Waals surface area contributed by atoms with Gasteiger partial charge < -0.3 is 20.0 Å². The van der Waals surface area contributed by atoms with Crippen molar-refractivity contribution in [2.45, 2.75) is 38.3 Å². The minimum atomic E-state index is -0.0263. The molecule has 0 radical (unpaired) electrons. The molecule has 0 unspecified atom stereocenters. The third kappa shape index (κ3) is 5.26. The fourth-order valence-electron chi connectivity index (χ4n) is 4.84. The highest BCUT2D eigenvalue weighted by Gasteiger charge is 2.22. The quantitative estimate of drug-likeness (QED) is 0.367. The van der Waals surface area contributed by atoms with Gasteiger partial charge in [-0.25, -0.2) is 4.98 Å². The smallest absolute Gasteiger partial charge is 0.225 e. The fraction of sp³-hybridized carbons (Fsp3) is 0.370. The molecular weight excluding hydrogens is 462 g/mol. The van der Waals surface area contributed by atoms with Crippen molar-refractivity contribution in [1.29, 1.82) is 0 Å². The van der Waals surface area contributed by atoms with Gasteiger partial charge in [0.2, 0.25) is 5.95 Å². The number of hydrogen-bond acceptors (Lipinski definition) is 7. The lowest BCUT2D eigenvalue weighted by Crippen LogP contribution is -2.32. The highest BCUT2D eigenvalue weighted by molar-refractivity contribution is 6.31. The Hall–Kier alpha value is -3.16. The van der Waals surface area contributed by atoms with Gasteiger partial charge >= 0.3 is 0 Å². The fourth-order valence-corrected chi connectivity index (χ4v) is 5.01. The predicted octanol–water partition coefficient (Wildman–Crippen LogP) is 5.22. The minimum absolute atomic E-state index is 0.0263. The molecule has 5 rings (SSSR count). The zero-order chi connectivity index (χ0) is 24.4. The van der Waals surface area contributed by atoms with Crippen LogP contribution in [-0.2, 0) is 6.54 Å². The van der Waals surface area contributed by atoms with Gasteiger partial charge in [-0.1, -0.05) is 23.7 Å². The summed E-state index contributed by atoms with van der Waals surface area (Å²) in [6.07, 6.45) is 5.91. The standard InChI is InChI=1S/C27H30ClN5O2/c1-33(2)26-21-5-3-4-6-23(21)31-27(32-26)30-20-10-7-17(8-11-20)14-29-15-18-16-35-24-12-9-19(28)13-22(24)25(18)34/h3-6,9,12-13,16-17,20,29H,7-8,10-11,14-15H2,1-2H3,(H,30,31,32). The number of rotatable bonds is 7. The van der Waals surface area contributed by atoms with Crippen LogP contribution in [0.25, 0.3) is 21.9 Å². The van der Waals surface area contributed by atoms with E-state index >= 15 is 0 Å². The van der Waals surface area contributed by atoms with E-state index in [9.17, 15) is 4.79 Å².